The van der Waals surface area contributed by atoms with E-state index < -0.39 is 0 Å². The Kier molecular flexibility index (Phi) is 1.22. The molecule has 1 aromatic heterocycles. The van der Waals surface area contributed by atoms with E-state index in [1.54, 1.807) is 6.07 Å². The first-order valence-electron chi connectivity index (χ1n) is 2.55. The fourth-order valence-corrected chi connectivity index (χ4v) is 0.617. The van der Waals surface area contributed by atoms with Gasteiger partial charge in [0.1, 0.15) is 5.82 Å². The SMILES string of the molecule is Cc1cc(N)nc(N)n1. The number of hydrogen-bond acceptors (Lipinski definition) is 4. The van der Waals surface area contributed by atoms with Crippen molar-refractivity contribution in [2.45, 2.75) is 6.92 Å². The van der Waals surface area contributed by atoms with Crippen LogP contribution in [0.5, 0.6) is 0 Å². The van der Waals surface area contributed by atoms with Gasteiger partial charge in [-0.1, -0.05) is 0 Å². The number of hydrogen-bond donors (Lipinski definition) is 2. The quantitative estimate of drug-likeness (QED) is 0.508. The topological polar surface area (TPSA) is 77.8 Å². The predicted molar refractivity (Wildman–Crippen MR) is 35.6 cm³/mol. The van der Waals surface area contributed by atoms with Crippen LogP contribution in [0.3, 0.4) is 0 Å². The molecular formula is C5H8N4. The highest BCUT2D eigenvalue weighted by molar-refractivity contribution is 5.34. The van der Waals surface area contributed by atoms with Crippen molar-refractivity contribution in [3.8, 4) is 0 Å². The van der Waals surface area contributed by atoms with Gasteiger partial charge in [0.25, 0.3) is 0 Å². The maximum absolute atomic E-state index is 5.33. The van der Waals surface area contributed by atoms with Crippen LogP contribution in [0.4, 0.5) is 11.8 Å². The molecule has 0 fully saturated rings. The Morgan fingerprint density at radius 1 is 1.33 bits per heavy atom. The molecule has 0 spiro atoms. The number of rotatable bonds is 0. The highest BCUT2D eigenvalue weighted by Crippen LogP contribution is 2.00. The van der Waals surface area contributed by atoms with Gasteiger partial charge in [-0.3, -0.25) is 0 Å². The Morgan fingerprint density at radius 2 is 2.00 bits per heavy atom. The first-order chi connectivity index (χ1) is 4.18. The number of anilines is 2. The highest BCUT2D eigenvalue weighted by atomic mass is 15.0. The number of nitrogens with zero attached hydrogens (tertiary/aromatic N) is 2. The normalized spacial score (nSPS) is 9.44. The zero-order valence-corrected chi connectivity index (χ0v) is 5.13. The van der Waals surface area contributed by atoms with Gasteiger partial charge in [-0.25, -0.2) is 4.98 Å². The van der Waals surface area contributed by atoms with Gasteiger partial charge in [0.2, 0.25) is 5.95 Å². The van der Waals surface area contributed by atoms with Crippen LogP contribution in [0.2, 0.25) is 0 Å². The van der Waals surface area contributed by atoms with E-state index in [0.29, 0.717) is 5.82 Å². The summed E-state index contributed by atoms with van der Waals surface area (Å²) in [5, 5.41) is 0. The minimum Gasteiger partial charge on any atom is -0.384 e. The van der Waals surface area contributed by atoms with Gasteiger partial charge in [0, 0.05) is 11.8 Å². The van der Waals surface area contributed by atoms with Crippen molar-refractivity contribution in [3.63, 3.8) is 0 Å². The molecule has 4 N–H and O–H groups in total. The van der Waals surface area contributed by atoms with Crippen LogP contribution in [-0.2, 0) is 0 Å². The first kappa shape index (κ1) is 5.81. The molecule has 0 radical (unpaired) electrons. The Balaban J connectivity index is 3.17. The molecule has 0 aliphatic heterocycles. The molecule has 0 atom stereocenters. The average molecular weight is 124 g/mol. The van der Waals surface area contributed by atoms with Crippen molar-refractivity contribution >= 4 is 11.8 Å². The summed E-state index contributed by atoms with van der Waals surface area (Å²) in [5.41, 5.74) is 11.4. The van der Waals surface area contributed by atoms with Crippen LogP contribution in [0.25, 0.3) is 0 Å². The summed E-state index contributed by atoms with van der Waals surface area (Å²) >= 11 is 0. The van der Waals surface area contributed by atoms with Gasteiger partial charge in [-0.2, -0.15) is 4.98 Å². The fraction of sp³-hybridized carbons (Fsp3) is 0.200. The van der Waals surface area contributed by atoms with Crippen LogP contribution in [-0.4, -0.2) is 9.97 Å². The summed E-state index contributed by atoms with van der Waals surface area (Å²) in [6, 6.07) is 1.66. The number of aromatic nitrogens is 2. The number of nitrogen functional groups attached to an aromatic ring is 2. The van der Waals surface area contributed by atoms with Crippen LogP contribution < -0.4 is 11.5 Å². The summed E-state index contributed by atoms with van der Waals surface area (Å²) in [7, 11) is 0. The Bertz CT molecular complexity index is 170. The van der Waals surface area contributed by atoms with Crippen molar-refractivity contribution in [2.75, 3.05) is 11.5 Å². The summed E-state index contributed by atoms with van der Waals surface area (Å²) in [5.74, 6) is 0.646. The summed E-state index contributed by atoms with van der Waals surface area (Å²) < 4.78 is 0. The van der Waals surface area contributed by atoms with Crippen molar-refractivity contribution in [1.82, 2.24) is 9.97 Å². The second-order valence-corrected chi connectivity index (χ2v) is 1.79. The van der Waals surface area contributed by atoms with Crippen molar-refractivity contribution in [3.05, 3.63) is 11.8 Å². The number of nitrogens with two attached hydrogens (primary N) is 2. The fourth-order valence-electron chi connectivity index (χ4n) is 0.617. The van der Waals surface area contributed by atoms with E-state index in [9.17, 15) is 0 Å². The van der Waals surface area contributed by atoms with Crippen LogP contribution in [0.1, 0.15) is 5.69 Å². The predicted octanol–water partition coefficient (Wildman–Crippen LogP) is -0.0506. The molecular weight excluding hydrogens is 116 g/mol. The third-order valence-electron chi connectivity index (χ3n) is 0.891. The maximum Gasteiger partial charge on any atom is 0.222 e. The molecule has 0 saturated heterocycles. The molecule has 0 aliphatic carbocycles. The Hall–Kier alpha value is -1.32. The molecule has 0 bridgehead atoms. The van der Waals surface area contributed by atoms with Crippen molar-refractivity contribution < 1.29 is 0 Å². The summed E-state index contributed by atoms with van der Waals surface area (Å²) in [4.78, 5) is 7.50. The van der Waals surface area contributed by atoms with E-state index in [2.05, 4.69) is 9.97 Å². The zero-order valence-electron chi connectivity index (χ0n) is 5.13. The standard InChI is InChI=1S/C5H8N4/c1-3-2-4(6)9-5(7)8-3/h2H,1H3,(H4,6,7,8,9). The average Bonchev–Trinajstić information content (AvgIpc) is 1.59. The molecule has 0 saturated carbocycles. The monoisotopic (exact) mass is 124 g/mol. The molecule has 1 aromatic rings. The lowest BCUT2D eigenvalue weighted by atomic mass is 10.4. The van der Waals surface area contributed by atoms with Gasteiger partial charge in [-0.05, 0) is 6.92 Å². The molecule has 0 amide bonds. The zero-order chi connectivity index (χ0) is 6.85. The van der Waals surface area contributed by atoms with Crippen LogP contribution in [0.15, 0.2) is 6.07 Å². The van der Waals surface area contributed by atoms with E-state index in [-0.39, 0.29) is 5.95 Å². The molecule has 1 heterocycles. The van der Waals surface area contributed by atoms with Gasteiger partial charge in [0.15, 0.2) is 0 Å². The molecule has 4 nitrogen and oxygen atoms in total. The largest absolute Gasteiger partial charge is 0.384 e. The van der Waals surface area contributed by atoms with Crippen molar-refractivity contribution in [1.29, 1.82) is 0 Å². The number of aryl methyl sites for hydroxylation is 1. The smallest absolute Gasteiger partial charge is 0.222 e. The lowest BCUT2D eigenvalue weighted by Crippen LogP contribution is -1.99. The van der Waals surface area contributed by atoms with Crippen molar-refractivity contribution in [2.24, 2.45) is 0 Å². The molecule has 0 aromatic carbocycles. The third-order valence-corrected chi connectivity index (χ3v) is 0.891. The van der Waals surface area contributed by atoms with Crippen LogP contribution >= 0.6 is 0 Å². The molecule has 1 rings (SSSR count). The second kappa shape index (κ2) is 1.89. The van der Waals surface area contributed by atoms with E-state index in [1.807, 2.05) is 6.92 Å². The Labute approximate surface area is 52.9 Å². The van der Waals surface area contributed by atoms with Gasteiger partial charge in [0.05, 0.1) is 0 Å². The molecule has 48 valence electrons. The van der Waals surface area contributed by atoms with Gasteiger partial charge in [-0.15, -0.1) is 0 Å². The lowest BCUT2D eigenvalue weighted by molar-refractivity contribution is 1.13. The van der Waals surface area contributed by atoms with E-state index in [4.69, 9.17) is 11.5 Å². The maximum atomic E-state index is 5.33. The van der Waals surface area contributed by atoms with E-state index >= 15 is 0 Å². The van der Waals surface area contributed by atoms with Gasteiger partial charge < -0.3 is 11.5 Å². The molecule has 0 unspecified atom stereocenters. The minimum absolute atomic E-state index is 0.229. The summed E-state index contributed by atoms with van der Waals surface area (Å²) in [6.07, 6.45) is 0. The van der Waals surface area contributed by atoms with Crippen LogP contribution in [0, 0.1) is 6.92 Å². The molecule has 4 heteroatoms. The third kappa shape index (κ3) is 1.28. The van der Waals surface area contributed by atoms with E-state index in [0.717, 1.165) is 5.69 Å². The summed E-state index contributed by atoms with van der Waals surface area (Å²) in [6.45, 7) is 1.81. The second-order valence-electron chi connectivity index (χ2n) is 1.79. The minimum atomic E-state index is 0.229. The van der Waals surface area contributed by atoms with Gasteiger partial charge >= 0.3 is 0 Å². The lowest BCUT2D eigenvalue weighted by Gasteiger charge is -1.94. The van der Waals surface area contributed by atoms with E-state index in [1.165, 1.54) is 0 Å². The molecule has 9 heavy (non-hydrogen) atoms. The Morgan fingerprint density at radius 3 is 2.44 bits per heavy atom. The highest BCUT2D eigenvalue weighted by Gasteiger charge is 1.91. The molecule has 0 aliphatic rings. The first-order valence-corrected chi connectivity index (χ1v) is 2.55.